The average Bonchev–Trinajstić information content (AvgIpc) is 4.00. The molecule has 3 amide bonds. The predicted molar refractivity (Wildman–Crippen MR) is 208 cm³/mol. The van der Waals surface area contributed by atoms with E-state index in [9.17, 15) is 19.2 Å². The number of nitrogens with one attached hydrogen (secondary N) is 3. The van der Waals surface area contributed by atoms with Gasteiger partial charge >= 0.3 is 0 Å². The summed E-state index contributed by atoms with van der Waals surface area (Å²) >= 11 is 9.27. The first-order valence-corrected chi connectivity index (χ1v) is 19.5. The number of carbonyl (C=O) groups excluding carboxylic acids is 3. The Bertz CT molecular complexity index is 1640. The summed E-state index contributed by atoms with van der Waals surface area (Å²) in [4.78, 5) is 53.0. The highest BCUT2D eigenvalue weighted by atomic mass is 35.5. The largest absolute Gasteiger partial charge is 0.495 e. The number of methoxy groups -OCH3 is 1. The number of ether oxygens (including phenoxy) is 2. The molecule has 1 aliphatic heterocycles. The highest BCUT2D eigenvalue weighted by Crippen LogP contribution is 2.45. The maximum absolute atomic E-state index is 12.2. The molecule has 51 heavy (non-hydrogen) atoms. The number of aryl methyl sites for hydroxylation is 1. The summed E-state index contributed by atoms with van der Waals surface area (Å²) in [5.41, 5.74) is 2.06. The topological polar surface area (TPSA) is 143 Å². The molecule has 2 saturated carbocycles. The SMILES string of the molecule is C=CCCCCO[C@H](C)C(=O)N1CCCC1C.CC1(SNC=O)CC1.COc1ccc2c(=O)cc(-c3nc(C)cs3)[nH]c2c1Cl.O=CNC1CC1. The lowest BCUT2D eigenvalue weighted by Crippen LogP contribution is -2.41. The first kappa shape index (κ1) is 42.0. The Hall–Kier alpha value is -3.39. The molecular weight excluding hydrogens is 710 g/mol. The number of aromatic nitrogens is 2. The van der Waals surface area contributed by atoms with Crippen LogP contribution >= 0.6 is 34.9 Å². The lowest BCUT2D eigenvalue weighted by Gasteiger charge is -2.25. The maximum atomic E-state index is 12.2. The van der Waals surface area contributed by atoms with Gasteiger partial charge in [-0.3, -0.25) is 19.2 Å². The van der Waals surface area contributed by atoms with Crippen molar-refractivity contribution in [2.75, 3.05) is 20.3 Å². The third kappa shape index (κ3) is 13.9. The van der Waals surface area contributed by atoms with Gasteiger partial charge in [-0.15, -0.1) is 17.9 Å². The van der Waals surface area contributed by atoms with Gasteiger partial charge in [0.1, 0.15) is 21.9 Å². The van der Waals surface area contributed by atoms with Crippen LogP contribution in [-0.2, 0) is 19.1 Å². The summed E-state index contributed by atoms with van der Waals surface area (Å²) in [5, 5.41) is 6.27. The molecule has 2 aromatic heterocycles. The number of hydrogen-bond acceptors (Lipinski definition) is 9. The van der Waals surface area contributed by atoms with Crippen molar-refractivity contribution in [3.63, 3.8) is 0 Å². The van der Waals surface area contributed by atoms with Crippen molar-refractivity contribution in [3.8, 4) is 16.5 Å². The Kier molecular flexibility index (Phi) is 17.5. The first-order chi connectivity index (χ1) is 24.5. The second kappa shape index (κ2) is 21.2. The third-order valence-corrected chi connectivity index (χ3v) is 11.0. The smallest absolute Gasteiger partial charge is 0.251 e. The van der Waals surface area contributed by atoms with Gasteiger partial charge in [0.2, 0.25) is 12.8 Å². The van der Waals surface area contributed by atoms with E-state index >= 15 is 0 Å². The van der Waals surface area contributed by atoms with Crippen LogP contribution in [0.15, 0.2) is 41.0 Å². The number of amides is 3. The number of benzene rings is 1. The summed E-state index contributed by atoms with van der Waals surface area (Å²) in [6, 6.07) is 5.85. The van der Waals surface area contributed by atoms with Crippen LogP contribution in [0.25, 0.3) is 21.6 Å². The standard InChI is InChI=1S/C14H11ClN2O2S.C14H25NO2.C5H9NOS.C4H7NO/c1-7-6-20-14(16-7)9-5-10(18)8-3-4-11(19-2)12(15)13(8)17-9;1-4-5-6-7-11-17-13(3)14(16)15-10-8-9-12(15)2;1-5(2-3-5)8-6-4-7;6-3-5-4-1-2-4/h3-6H,1-2H3,(H,17,18);4,12-13H,1,5-11H2,2-3H3;4H,2-3H2,1H3,(H,6,7);3-4H,1-2H2,(H,5,6)/t;12?,13-;;/m.1../s1. The second-order valence-electron chi connectivity index (χ2n) is 13.0. The van der Waals surface area contributed by atoms with Gasteiger partial charge in [-0.25, -0.2) is 4.98 Å². The van der Waals surface area contributed by atoms with E-state index in [0.717, 1.165) is 62.2 Å². The van der Waals surface area contributed by atoms with Gasteiger partial charge in [-0.05, 0) is 110 Å². The highest BCUT2D eigenvalue weighted by molar-refractivity contribution is 7.99. The van der Waals surface area contributed by atoms with Crippen LogP contribution in [0.5, 0.6) is 5.75 Å². The van der Waals surface area contributed by atoms with Crippen LogP contribution in [0, 0.1) is 6.92 Å². The number of likely N-dealkylation sites (tertiary alicyclic amines) is 1. The molecule has 1 saturated heterocycles. The van der Waals surface area contributed by atoms with Gasteiger partial charge in [0.25, 0.3) is 5.91 Å². The van der Waals surface area contributed by atoms with E-state index in [4.69, 9.17) is 21.1 Å². The van der Waals surface area contributed by atoms with Crippen molar-refractivity contribution >= 4 is 64.5 Å². The van der Waals surface area contributed by atoms with Crippen molar-refractivity contribution in [1.29, 1.82) is 0 Å². The van der Waals surface area contributed by atoms with Crippen molar-refractivity contribution in [2.45, 2.75) is 108 Å². The predicted octanol–water partition coefficient (Wildman–Crippen LogP) is 7.21. The van der Waals surface area contributed by atoms with Crippen LogP contribution in [-0.4, -0.2) is 76.8 Å². The normalized spacial score (nSPS) is 17.3. The number of hydrogen-bond donors (Lipinski definition) is 3. The molecule has 3 aliphatic rings. The van der Waals surface area contributed by atoms with E-state index in [2.05, 4.69) is 40.4 Å². The summed E-state index contributed by atoms with van der Waals surface area (Å²) in [5.74, 6) is 0.681. The molecule has 3 heterocycles. The minimum absolute atomic E-state index is 0.0915. The molecule has 11 nitrogen and oxygen atoms in total. The summed E-state index contributed by atoms with van der Waals surface area (Å²) in [7, 11) is 1.54. The molecule has 2 atom stereocenters. The minimum Gasteiger partial charge on any atom is -0.495 e. The van der Waals surface area contributed by atoms with Crippen LogP contribution < -0.4 is 20.2 Å². The number of carbonyl (C=O) groups is 3. The van der Waals surface area contributed by atoms with E-state index < -0.39 is 0 Å². The second-order valence-corrected chi connectivity index (χ2v) is 15.7. The quantitative estimate of drug-likeness (QED) is 0.0678. The molecule has 14 heteroatoms. The fourth-order valence-electron chi connectivity index (χ4n) is 5.02. The zero-order valence-corrected chi connectivity index (χ0v) is 32.7. The van der Waals surface area contributed by atoms with Crippen LogP contribution in [0.2, 0.25) is 5.02 Å². The molecular formula is C37H52ClN5O6S2. The van der Waals surface area contributed by atoms with Crippen molar-refractivity contribution in [2.24, 2.45) is 0 Å². The maximum Gasteiger partial charge on any atom is 0.251 e. The number of aromatic amines is 1. The molecule has 3 aromatic rings. The molecule has 2 aliphatic carbocycles. The molecule has 0 bridgehead atoms. The van der Waals surface area contributed by atoms with Crippen LogP contribution in [0.4, 0.5) is 0 Å². The monoisotopic (exact) mass is 761 g/mol. The lowest BCUT2D eigenvalue weighted by atomic mass is 10.2. The molecule has 3 fully saturated rings. The number of unbranched alkanes of at least 4 members (excludes halogenated alkanes) is 2. The fourth-order valence-corrected chi connectivity index (χ4v) is 6.72. The molecule has 3 N–H and O–H groups in total. The van der Waals surface area contributed by atoms with E-state index in [1.807, 2.05) is 30.2 Å². The summed E-state index contributed by atoms with van der Waals surface area (Å²) in [6.07, 6.45) is 13.3. The average molecular weight is 762 g/mol. The fraction of sp³-hybridized carbons (Fsp3) is 0.541. The van der Waals surface area contributed by atoms with Crippen molar-refractivity contribution in [3.05, 3.63) is 57.2 Å². The number of allylic oxidation sites excluding steroid dienone is 1. The van der Waals surface area contributed by atoms with Crippen LogP contribution in [0.3, 0.4) is 0 Å². The van der Waals surface area contributed by atoms with Crippen molar-refractivity contribution < 1.29 is 23.9 Å². The van der Waals surface area contributed by atoms with Crippen LogP contribution in [0.1, 0.15) is 84.3 Å². The van der Waals surface area contributed by atoms with E-state index in [0.29, 0.717) is 50.8 Å². The van der Waals surface area contributed by atoms with Gasteiger partial charge in [-0.1, -0.05) is 17.7 Å². The molecule has 0 spiro atoms. The van der Waals surface area contributed by atoms with Gasteiger partial charge in [-0.2, -0.15) is 0 Å². The van der Waals surface area contributed by atoms with Gasteiger partial charge in [0.15, 0.2) is 5.43 Å². The summed E-state index contributed by atoms with van der Waals surface area (Å²) < 4.78 is 13.7. The highest BCUT2D eigenvalue weighted by Gasteiger charge is 2.38. The minimum atomic E-state index is -0.292. The van der Waals surface area contributed by atoms with Gasteiger partial charge < -0.3 is 29.4 Å². The number of H-pyrrole nitrogens is 1. The van der Waals surface area contributed by atoms with E-state index in [1.54, 1.807) is 25.3 Å². The van der Waals surface area contributed by atoms with Crippen molar-refractivity contribution in [1.82, 2.24) is 24.9 Å². The number of pyridine rings is 1. The number of halogens is 1. The Morgan fingerprint density at radius 1 is 1.25 bits per heavy atom. The van der Waals surface area contributed by atoms with Gasteiger partial charge in [0.05, 0.1) is 18.3 Å². The number of rotatable bonds is 14. The Morgan fingerprint density at radius 3 is 2.53 bits per heavy atom. The summed E-state index contributed by atoms with van der Waals surface area (Å²) in [6.45, 7) is 13.3. The molecule has 6 rings (SSSR count). The van der Waals surface area contributed by atoms with E-state index in [1.165, 1.54) is 49.0 Å². The van der Waals surface area contributed by atoms with E-state index in [-0.39, 0.29) is 17.4 Å². The molecule has 0 radical (unpaired) electrons. The molecule has 1 aromatic carbocycles. The third-order valence-electron chi connectivity index (χ3n) is 8.52. The number of thiazole rings is 1. The van der Waals surface area contributed by atoms with Gasteiger partial charge in [0, 0.05) is 52.5 Å². The Labute approximate surface area is 314 Å². The number of nitrogens with zero attached hydrogens (tertiary/aromatic N) is 2. The Balaban J connectivity index is 0.000000203. The zero-order chi connectivity index (χ0) is 37.4. The zero-order valence-electron chi connectivity index (χ0n) is 30.3. The Morgan fingerprint density at radius 2 is 2.00 bits per heavy atom. The molecule has 280 valence electrons. The lowest BCUT2D eigenvalue weighted by molar-refractivity contribution is -0.143. The number of fused-ring (bicyclic) bond motifs is 1. The molecule has 1 unspecified atom stereocenters. The first-order valence-electron chi connectivity index (χ1n) is 17.4.